The van der Waals surface area contributed by atoms with Gasteiger partial charge in [-0.25, -0.2) is 4.79 Å². The zero-order chi connectivity index (χ0) is 9.84. The molecule has 0 aliphatic carbocycles. The minimum Gasteiger partial charge on any atom is -0.453 e. The minimum absolute atomic E-state index is 0.478. The lowest BCUT2D eigenvalue weighted by atomic mass is 10.2. The number of nitrogens with zero attached hydrogens (tertiary/aromatic N) is 1. The molecule has 4 nitrogen and oxygen atoms in total. The molecule has 0 saturated carbocycles. The van der Waals surface area contributed by atoms with Crippen LogP contribution in [-0.2, 0) is 4.74 Å². The number of aromatic nitrogens is 1. The molecule has 1 amide bonds. The molecule has 13 heavy (non-hydrogen) atoms. The third-order valence-corrected chi connectivity index (χ3v) is 1.67. The third kappa shape index (κ3) is 2.43. The largest absolute Gasteiger partial charge is 0.453 e. The predicted octanol–water partition coefficient (Wildman–Crippen LogP) is 1.88. The number of ether oxygens (including phenoxy) is 1. The van der Waals surface area contributed by atoms with Crippen molar-refractivity contribution < 1.29 is 9.53 Å². The molecule has 0 bridgehead atoms. The summed E-state index contributed by atoms with van der Waals surface area (Å²) in [5.41, 5.74) is 2.57. The van der Waals surface area contributed by atoms with E-state index in [0.717, 1.165) is 11.3 Å². The van der Waals surface area contributed by atoms with Crippen LogP contribution in [0.2, 0.25) is 0 Å². The SMILES string of the molecule is COC(=O)Nc1cnc(C)cc1C. The summed E-state index contributed by atoms with van der Waals surface area (Å²) in [6.07, 6.45) is 1.13. The number of methoxy groups -OCH3 is 1. The van der Waals surface area contributed by atoms with Gasteiger partial charge >= 0.3 is 6.09 Å². The first kappa shape index (κ1) is 9.51. The van der Waals surface area contributed by atoms with Crippen LogP contribution in [0.1, 0.15) is 11.3 Å². The number of hydrogen-bond acceptors (Lipinski definition) is 3. The molecule has 1 N–H and O–H groups in total. The summed E-state index contributed by atoms with van der Waals surface area (Å²) in [4.78, 5) is 14.9. The highest BCUT2D eigenvalue weighted by atomic mass is 16.5. The lowest BCUT2D eigenvalue weighted by molar-refractivity contribution is 0.187. The number of nitrogens with one attached hydrogen (secondary N) is 1. The molecule has 0 aliphatic heterocycles. The number of aryl methyl sites for hydroxylation is 2. The maximum atomic E-state index is 10.9. The Hall–Kier alpha value is -1.58. The standard InChI is InChI=1S/C9H12N2O2/c1-6-4-7(2)10-5-8(6)11-9(12)13-3/h4-5H,1-3H3,(H,11,12). The smallest absolute Gasteiger partial charge is 0.411 e. The highest BCUT2D eigenvalue weighted by Crippen LogP contribution is 2.13. The Kier molecular flexibility index (Phi) is 2.84. The van der Waals surface area contributed by atoms with Gasteiger partial charge in [-0.2, -0.15) is 0 Å². The van der Waals surface area contributed by atoms with E-state index in [1.54, 1.807) is 6.20 Å². The van der Waals surface area contributed by atoms with Crippen molar-refractivity contribution in [1.82, 2.24) is 4.98 Å². The van der Waals surface area contributed by atoms with E-state index in [1.807, 2.05) is 19.9 Å². The van der Waals surface area contributed by atoms with Crippen molar-refractivity contribution in [1.29, 1.82) is 0 Å². The number of amides is 1. The fourth-order valence-corrected chi connectivity index (χ4v) is 0.988. The molecule has 0 saturated heterocycles. The molecule has 70 valence electrons. The first-order chi connectivity index (χ1) is 6.13. The number of carbonyl (C=O) groups is 1. The third-order valence-electron chi connectivity index (χ3n) is 1.67. The molecule has 1 rings (SSSR count). The number of carbonyl (C=O) groups excluding carboxylic acids is 1. The van der Waals surface area contributed by atoms with Crippen LogP contribution in [0.25, 0.3) is 0 Å². The maximum Gasteiger partial charge on any atom is 0.411 e. The van der Waals surface area contributed by atoms with Crippen LogP contribution in [0.5, 0.6) is 0 Å². The highest BCUT2D eigenvalue weighted by Gasteiger charge is 2.03. The summed E-state index contributed by atoms with van der Waals surface area (Å²) < 4.78 is 4.46. The predicted molar refractivity (Wildman–Crippen MR) is 49.7 cm³/mol. The van der Waals surface area contributed by atoms with Gasteiger partial charge in [0.2, 0.25) is 0 Å². The van der Waals surface area contributed by atoms with E-state index in [2.05, 4.69) is 15.0 Å². The van der Waals surface area contributed by atoms with Gasteiger partial charge in [0.25, 0.3) is 0 Å². The quantitative estimate of drug-likeness (QED) is 0.717. The molecule has 0 fully saturated rings. The summed E-state index contributed by atoms with van der Waals surface area (Å²) in [5.74, 6) is 0. The zero-order valence-corrected chi connectivity index (χ0v) is 7.92. The Balaban J connectivity index is 2.83. The van der Waals surface area contributed by atoms with Gasteiger partial charge in [-0.05, 0) is 25.5 Å². The number of hydrogen-bond donors (Lipinski definition) is 1. The normalized spacial score (nSPS) is 9.46. The van der Waals surface area contributed by atoms with E-state index in [0.29, 0.717) is 5.69 Å². The van der Waals surface area contributed by atoms with Crippen molar-refractivity contribution >= 4 is 11.8 Å². The van der Waals surface area contributed by atoms with E-state index in [-0.39, 0.29) is 0 Å². The summed E-state index contributed by atoms with van der Waals surface area (Å²) >= 11 is 0. The minimum atomic E-state index is -0.478. The average molecular weight is 180 g/mol. The van der Waals surface area contributed by atoms with Crippen molar-refractivity contribution in [2.75, 3.05) is 12.4 Å². The van der Waals surface area contributed by atoms with Gasteiger partial charge in [0.05, 0.1) is 19.0 Å². The molecule has 1 aromatic heterocycles. The van der Waals surface area contributed by atoms with Gasteiger partial charge in [0, 0.05) is 5.69 Å². The molecule has 0 spiro atoms. The summed E-state index contributed by atoms with van der Waals surface area (Å²) in [5, 5.41) is 2.56. The van der Waals surface area contributed by atoms with Gasteiger partial charge in [-0.1, -0.05) is 0 Å². The summed E-state index contributed by atoms with van der Waals surface area (Å²) in [7, 11) is 1.33. The van der Waals surface area contributed by atoms with Gasteiger partial charge in [0.15, 0.2) is 0 Å². The molecule has 1 heterocycles. The first-order valence-corrected chi connectivity index (χ1v) is 3.91. The number of anilines is 1. The van der Waals surface area contributed by atoms with Gasteiger partial charge in [-0.3, -0.25) is 10.3 Å². The Morgan fingerprint density at radius 2 is 2.23 bits per heavy atom. The highest BCUT2D eigenvalue weighted by molar-refractivity contribution is 5.85. The molecule has 0 aliphatic rings. The van der Waals surface area contributed by atoms with Crippen molar-refractivity contribution in [3.05, 3.63) is 23.5 Å². The van der Waals surface area contributed by atoms with Gasteiger partial charge in [-0.15, -0.1) is 0 Å². The van der Waals surface area contributed by atoms with Crippen LogP contribution in [0.15, 0.2) is 12.3 Å². The van der Waals surface area contributed by atoms with Crippen LogP contribution in [0, 0.1) is 13.8 Å². The number of rotatable bonds is 1. The topological polar surface area (TPSA) is 51.2 Å². The molecule has 1 aromatic rings. The Morgan fingerprint density at radius 1 is 1.54 bits per heavy atom. The van der Waals surface area contributed by atoms with E-state index >= 15 is 0 Å². The second-order valence-electron chi connectivity index (χ2n) is 2.76. The number of pyridine rings is 1. The Bertz CT molecular complexity index is 323. The second kappa shape index (κ2) is 3.89. The van der Waals surface area contributed by atoms with E-state index in [9.17, 15) is 4.79 Å². The molecule has 4 heteroatoms. The Labute approximate surface area is 76.9 Å². The van der Waals surface area contributed by atoms with E-state index < -0.39 is 6.09 Å². The van der Waals surface area contributed by atoms with Gasteiger partial charge < -0.3 is 4.74 Å². The van der Waals surface area contributed by atoms with Crippen LogP contribution in [-0.4, -0.2) is 18.2 Å². The van der Waals surface area contributed by atoms with Crippen LogP contribution in [0.3, 0.4) is 0 Å². The fraction of sp³-hybridized carbons (Fsp3) is 0.333. The molecule has 0 aromatic carbocycles. The fourth-order valence-electron chi connectivity index (χ4n) is 0.988. The Morgan fingerprint density at radius 3 is 2.77 bits per heavy atom. The van der Waals surface area contributed by atoms with Gasteiger partial charge in [0.1, 0.15) is 0 Å². The van der Waals surface area contributed by atoms with Crippen LogP contribution < -0.4 is 5.32 Å². The maximum absolute atomic E-state index is 10.9. The van der Waals surface area contributed by atoms with Crippen molar-refractivity contribution in [2.45, 2.75) is 13.8 Å². The van der Waals surface area contributed by atoms with Crippen molar-refractivity contribution in [3.63, 3.8) is 0 Å². The van der Waals surface area contributed by atoms with Crippen LogP contribution in [0.4, 0.5) is 10.5 Å². The average Bonchev–Trinajstić information content (AvgIpc) is 2.09. The van der Waals surface area contributed by atoms with E-state index in [4.69, 9.17) is 0 Å². The lowest BCUT2D eigenvalue weighted by Gasteiger charge is -2.06. The lowest BCUT2D eigenvalue weighted by Crippen LogP contribution is -2.12. The first-order valence-electron chi connectivity index (χ1n) is 3.91. The van der Waals surface area contributed by atoms with E-state index in [1.165, 1.54) is 7.11 Å². The van der Waals surface area contributed by atoms with Crippen molar-refractivity contribution in [3.8, 4) is 0 Å². The summed E-state index contributed by atoms with van der Waals surface area (Å²) in [6, 6.07) is 1.89. The molecule has 0 unspecified atom stereocenters. The molecule has 0 radical (unpaired) electrons. The molecular formula is C9H12N2O2. The second-order valence-corrected chi connectivity index (χ2v) is 2.76. The molecular weight excluding hydrogens is 168 g/mol. The summed E-state index contributed by atoms with van der Waals surface area (Å²) in [6.45, 7) is 3.80. The van der Waals surface area contributed by atoms with Crippen LogP contribution >= 0.6 is 0 Å². The van der Waals surface area contributed by atoms with Crippen molar-refractivity contribution in [2.24, 2.45) is 0 Å². The molecule has 0 atom stereocenters. The monoisotopic (exact) mass is 180 g/mol. The zero-order valence-electron chi connectivity index (χ0n) is 7.92.